The average molecular weight is 247 g/mol. The van der Waals surface area contributed by atoms with Crippen LogP contribution in [0.15, 0.2) is 21.9 Å². The standard InChI is InChI=1S/C8H9NO4S2/c1-5-3-6(2)8-7(4-5)14(10,11)9-15(8,12)13/h3-4,9H,1-2H3. The number of fused-ring (bicyclic) bond motifs is 1. The fourth-order valence-corrected chi connectivity index (χ4v) is 5.75. The molecule has 2 rings (SSSR count). The first-order chi connectivity index (χ1) is 6.74. The van der Waals surface area contributed by atoms with Crippen molar-refractivity contribution in [1.29, 1.82) is 0 Å². The van der Waals surface area contributed by atoms with Crippen LogP contribution in [0.25, 0.3) is 0 Å². The molecule has 0 atom stereocenters. The lowest BCUT2D eigenvalue weighted by Gasteiger charge is -2.01. The van der Waals surface area contributed by atoms with Crippen molar-refractivity contribution >= 4 is 20.0 Å². The molecule has 0 fully saturated rings. The summed E-state index contributed by atoms with van der Waals surface area (Å²) >= 11 is 0. The Bertz CT molecular complexity index is 643. The van der Waals surface area contributed by atoms with Crippen LogP contribution in [0.2, 0.25) is 0 Å². The first-order valence-corrected chi connectivity index (χ1v) is 7.10. The normalized spacial score (nSPS) is 21.2. The van der Waals surface area contributed by atoms with Crippen LogP contribution in [0.4, 0.5) is 0 Å². The molecule has 0 radical (unpaired) electrons. The molecule has 0 saturated carbocycles. The predicted molar refractivity (Wildman–Crippen MR) is 53.4 cm³/mol. The summed E-state index contributed by atoms with van der Waals surface area (Å²) in [4.78, 5) is -0.284. The van der Waals surface area contributed by atoms with Crippen molar-refractivity contribution in [3.05, 3.63) is 23.3 Å². The zero-order valence-electron chi connectivity index (χ0n) is 8.10. The van der Waals surface area contributed by atoms with Crippen molar-refractivity contribution in [2.75, 3.05) is 0 Å². The molecule has 0 amide bonds. The van der Waals surface area contributed by atoms with Gasteiger partial charge in [-0.1, -0.05) is 6.07 Å². The smallest absolute Gasteiger partial charge is 0.206 e. The van der Waals surface area contributed by atoms with Crippen LogP contribution >= 0.6 is 0 Å². The van der Waals surface area contributed by atoms with Crippen LogP contribution in [0.5, 0.6) is 0 Å². The van der Waals surface area contributed by atoms with E-state index in [4.69, 9.17) is 0 Å². The first kappa shape index (κ1) is 10.6. The zero-order valence-corrected chi connectivity index (χ0v) is 9.74. The van der Waals surface area contributed by atoms with Crippen LogP contribution in [0.3, 0.4) is 0 Å². The molecule has 7 heteroatoms. The minimum atomic E-state index is -3.90. The molecule has 1 aromatic rings. The van der Waals surface area contributed by atoms with E-state index in [1.54, 1.807) is 24.0 Å². The Morgan fingerprint density at radius 2 is 1.60 bits per heavy atom. The summed E-state index contributed by atoms with van der Waals surface area (Å²) in [6.07, 6.45) is 0. The number of nitrogens with one attached hydrogen (secondary N) is 1. The highest BCUT2D eigenvalue weighted by Gasteiger charge is 2.39. The molecule has 1 N–H and O–H groups in total. The van der Waals surface area contributed by atoms with Gasteiger partial charge in [-0.15, -0.1) is 4.13 Å². The van der Waals surface area contributed by atoms with Crippen LogP contribution in [-0.4, -0.2) is 16.8 Å². The van der Waals surface area contributed by atoms with E-state index in [0.29, 0.717) is 11.1 Å². The fourth-order valence-electron chi connectivity index (χ4n) is 1.69. The van der Waals surface area contributed by atoms with Crippen molar-refractivity contribution in [1.82, 2.24) is 4.13 Å². The maximum atomic E-state index is 11.5. The van der Waals surface area contributed by atoms with Gasteiger partial charge < -0.3 is 0 Å². The summed E-state index contributed by atoms with van der Waals surface area (Å²) in [5, 5.41) is 0. The van der Waals surface area contributed by atoms with Crippen molar-refractivity contribution in [3.8, 4) is 0 Å². The Labute approximate surface area is 88.2 Å². The summed E-state index contributed by atoms with van der Waals surface area (Å²) in [7, 11) is -7.79. The molecule has 1 heterocycles. The molecule has 0 aromatic heterocycles. The highest BCUT2D eigenvalue weighted by Crippen LogP contribution is 2.31. The zero-order chi connectivity index (χ0) is 11.4. The Kier molecular flexibility index (Phi) is 1.98. The van der Waals surface area contributed by atoms with Gasteiger partial charge in [0.15, 0.2) is 0 Å². The minimum absolute atomic E-state index is 0.131. The maximum absolute atomic E-state index is 11.5. The van der Waals surface area contributed by atoms with Gasteiger partial charge in [0.2, 0.25) is 0 Å². The third-order valence-corrected chi connectivity index (χ3v) is 6.03. The number of sulfonamides is 2. The van der Waals surface area contributed by atoms with E-state index < -0.39 is 20.0 Å². The number of hydrogen-bond donors (Lipinski definition) is 1. The van der Waals surface area contributed by atoms with Gasteiger partial charge in [-0.25, -0.2) is 16.8 Å². The Morgan fingerprint density at radius 3 is 2.20 bits per heavy atom. The molecule has 0 unspecified atom stereocenters. The Morgan fingerprint density at radius 1 is 1.00 bits per heavy atom. The lowest BCUT2D eigenvalue weighted by atomic mass is 10.2. The third kappa shape index (κ3) is 1.47. The van der Waals surface area contributed by atoms with Gasteiger partial charge in [0.1, 0.15) is 9.79 Å². The molecule has 0 bridgehead atoms. The minimum Gasteiger partial charge on any atom is -0.206 e. The Hall–Kier alpha value is -0.920. The van der Waals surface area contributed by atoms with Gasteiger partial charge in [-0.3, -0.25) is 0 Å². The summed E-state index contributed by atoms with van der Waals surface area (Å²) in [6.45, 7) is 3.29. The van der Waals surface area contributed by atoms with E-state index in [9.17, 15) is 16.8 Å². The molecule has 1 aromatic carbocycles. The molecule has 1 aliphatic rings. The number of benzene rings is 1. The lowest BCUT2D eigenvalue weighted by molar-refractivity contribution is 0.586. The number of hydrogen-bond acceptors (Lipinski definition) is 4. The van der Waals surface area contributed by atoms with Crippen molar-refractivity contribution in [2.45, 2.75) is 23.6 Å². The largest absolute Gasteiger partial charge is 0.255 e. The highest BCUT2D eigenvalue weighted by atomic mass is 32.3. The van der Waals surface area contributed by atoms with E-state index in [2.05, 4.69) is 0 Å². The van der Waals surface area contributed by atoms with Gasteiger partial charge in [-0.05, 0) is 31.0 Å². The second-order valence-corrected chi connectivity index (χ2v) is 7.03. The molecule has 82 valence electrons. The summed E-state index contributed by atoms with van der Waals surface area (Å²) in [5.41, 5.74) is 1.16. The summed E-state index contributed by atoms with van der Waals surface area (Å²) in [6, 6.07) is 2.99. The topological polar surface area (TPSA) is 80.3 Å². The van der Waals surface area contributed by atoms with E-state index in [0.717, 1.165) is 0 Å². The van der Waals surface area contributed by atoms with Crippen molar-refractivity contribution < 1.29 is 16.8 Å². The van der Waals surface area contributed by atoms with Gasteiger partial charge in [0.05, 0.1) is 0 Å². The van der Waals surface area contributed by atoms with Gasteiger partial charge in [0, 0.05) is 0 Å². The summed E-state index contributed by atoms with van der Waals surface area (Å²) < 4.78 is 47.6. The SMILES string of the molecule is Cc1cc(C)c2c(c1)S(=O)(=O)NS2(=O)=O. The number of aryl methyl sites for hydroxylation is 2. The number of rotatable bonds is 0. The lowest BCUT2D eigenvalue weighted by Crippen LogP contribution is -2.21. The van der Waals surface area contributed by atoms with Gasteiger partial charge >= 0.3 is 0 Å². The molecule has 1 aliphatic heterocycles. The highest BCUT2D eigenvalue weighted by molar-refractivity contribution is 8.07. The fraction of sp³-hybridized carbons (Fsp3) is 0.250. The van der Waals surface area contributed by atoms with Crippen LogP contribution in [0, 0.1) is 13.8 Å². The monoisotopic (exact) mass is 247 g/mol. The average Bonchev–Trinajstić information content (AvgIpc) is 2.15. The molecule has 15 heavy (non-hydrogen) atoms. The second-order valence-electron chi connectivity index (χ2n) is 3.50. The molecule has 0 spiro atoms. The van der Waals surface area contributed by atoms with Crippen LogP contribution in [0.1, 0.15) is 11.1 Å². The van der Waals surface area contributed by atoms with E-state index in [-0.39, 0.29) is 9.79 Å². The van der Waals surface area contributed by atoms with Crippen LogP contribution < -0.4 is 4.13 Å². The van der Waals surface area contributed by atoms with Gasteiger partial charge in [-0.2, -0.15) is 0 Å². The third-order valence-electron chi connectivity index (χ3n) is 2.16. The molecule has 5 nitrogen and oxygen atoms in total. The van der Waals surface area contributed by atoms with Crippen molar-refractivity contribution in [2.24, 2.45) is 0 Å². The second kappa shape index (κ2) is 2.81. The van der Waals surface area contributed by atoms with E-state index in [1.165, 1.54) is 6.07 Å². The van der Waals surface area contributed by atoms with E-state index >= 15 is 0 Å². The van der Waals surface area contributed by atoms with Crippen LogP contribution in [-0.2, 0) is 20.0 Å². The molecule has 0 saturated heterocycles. The predicted octanol–water partition coefficient (Wildman–Crippen LogP) is 0.284. The molecule has 0 aliphatic carbocycles. The quantitative estimate of drug-likeness (QED) is 0.714. The first-order valence-electron chi connectivity index (χ1n) is 4.14. The summed E-state index contributed by atoms with van der Waals surface area (Å²) in [5.74, 6) is 0. The van der Waals surface area contributed by atoms with Crippen molar-refractivity contribution in [3.63, 3.8) is 0 Å². The maximum Gasteiger partial charge on any atom is 0.255 e. The molecular weight excluding hydrogens is 238 g/mol. The van der Waals surface area contributed by atoms with E-state index in [1.807, 2.05) is 0 Å². The van der Waals surface area contributed by atoms with Gasteiger partial charge in [0.25, 0.3) is 20.0 Å². The Balaban J connectivity index is 3.01. The molecular formula is C8H9NO4S2.